The van der Waals surface area contributed by atoms with Gasteiger partial charge in [0.05, 0.1) is 30.3 Å². The average Bonchev–Trinajstić information content (AvgIpc) is 3.42. The number of allylic oxidation sites excluding steroid dienone is 1. The Hall–Kier alpha value is -2.45. The second-order valence-electron chi connectivity index (χ2n) is 8.26. The smallest absolute Gasteiger partial charge is 0.256 e. The topological polar surface area (TPSA) is 76.1 Å². The minimum Gasteiger partial charge on any atom is -0.496 e. The van der Waals surface area contributed by atoms with Gasteiger partial charge in [-0.3, -0.25) is 13.6 Å². The summed E-state index contributed by atoms with van der Waals surface area (Å²) in [4.78, 5) is 28.3. The summed E-state index contributed by atoms with van der Waals surface area (Å²) in [6.45, 7) is 7.78. The first-order valence-electron chi connectivity index (χ1n) is 10.4. The summed E-state index contributed by atoms with van der Waals surface area (Å²) in [6, 6.07) is 5.62. The van der Waals surface area contributed by atoms with Crippen LogP contribution in [0.15, 0.2) is 46.3 Å². The lowest BCUT2D eigenvalue weighted by molar-refractivity contribution is 0.0952. The van der Waals surface area contributed by atoms with Crippen molar-refractivity contribution in [3.63, 3.8) is 0 Å². The zero-order valence-electron chi connectivity index (χ0n) is 18.4. The molecule has 0 aliphatic heterocycles. The summed E-state index contributed by atoms with van der Waals surface area (Å²) in [5.41, 5.74) is 3.43. The van der Waals surface area contributed by atoms with Crippen LogP contribution >= 0.6 is 27.9 Å². The highest BCUT2D eigenvalue weighted by atomic mass is 79.9. The maximum Gasteiger partial charge on any atom is 0.256 e. The van der Waals surface area contributed by atoms with Gasteiger partial charge < -0.3 is 15.0 Å². The SMILES string of the molecule is C=CCC1(Sn2cc(C)c3c(C(=O)NCc4c(OC)cc(C)[nH]c4=O)cc(Br)cc32)CC1. The first kappa shape index (κ1) is 22.7. The Morgan fingerprint density at radius 1 is 1.38 bits per heavy atom. The molecule has 1 amide bonds. The highest BCUT2D eigenvalue weighted by Gasteiger charge is 2.43. The largest absolute Gasteiger partial charge is 0.496 e. The van der Waals surface area contributed by atoms with Gasteiger partial charge in [-0.1, -0.05) is 22.0 Å². The summed E-state index contributed by atoms with van der Waals surface area (Å²) >= 11 is 5.38. The Morgan fingerprint density at radius 3 is 2.78 bits per heavy atom. The number of nitrogens with one attached hydrogen (secondary N) is 2. The van der Waals surface area contributed by atoms with Crippen molar-refractivity contribution in [2.45, 2.75) is 44.4 Å². The van der Waals surface area contributed by atoms with E-state index in [1.165, 1.54) is 7.11 Å². The number of pyridine rings is 1. The van der Waals surface area contributed by atoms with Crippen molar-refractivity contribution >= 4 is 44.7 Å². The van der Waals surface area contributed by atoms with Gasteiger partial charge in [0.2, 0.25) is 0 Å². The molecule has 1 fully saturated rings. The number of hydrogen-bond donors (Lipinski definition) is 2. The summed E-state index contributed by atoms with van der Waals surface area (Å²) in [6.07, 6.45) is 7.36. The molecule has 1 aliphatic carbocycles. The lowest BCUT2D eigenvalue weighted by Crippen LogP contribution is -2.27. The zero-order valence-corrected chi connectivity index (χ0v) is 20.8. The average molecular weight is 516 g/mol. The number of amides is 1. The van der Waals surface area contributed by atoms with Crippen LogP contribution in [0, 0.1) is 13.8 Å². The second kappa shape index (κ2) is 8.83. The fourth-order valence-electron chi connectivity index (χ4n) is 3.99. The number of fused-ring (bicyclic) bond motifs is 1. The molecular weight excluding hydrogens is 490 g/mol. The van der Waals surface area contributed by atoms with Gasteiger partial charge in [-0.2, -0.15) is 0 Å². The van der Waals surface area contributed by atoms with E-state index in [4.69, 9.17) is 4.74 Å². The molecule has 1 aromatic carbocycles. The molecule has 2 N–H and O–H groups in total. The normalized spacial score (nSPS) is 14.4. The van der Waals surface area contributed by atoms with E-state index in [0.29, 0.717) is 22.6 Å². The molecule has 168 valence electrons. The third-order valence-corrected chi connectivity index (χ3v) is 7.68. The number of H-pyrrole nitrogens is 1. The molecule has 8 heteroatoms. The fraction of sp³-hybridized carbons (Fsp3) is 0.333. The minimum atomic E-state index is -0.266. The summed E-state index contributed by atoms with van der Waals surface area (Å²) in [7, 11) is 1.51. The van der Waals surface area contributed by atoms with Gasteiger partial charge in [0.25, 0.3) is 11.5 Å². The molecular formula is C24H26BrN3O3S. The lowest BCUT2D eigenvalue weighted by atomic mass is 10.1. The Labute approximate surface area is 199 Å². The monoisotopic (exact) mass is 515 g/mol. The van der Waals surface area contributed by atoms with Crippen LogP contribution in [-0.2, 0) is 6.54 Å². The third-order valence-electron chi connectivity index (χ3n) is 5.76. The Bertz CT molecular complexity index is 1270. The number of aromatic amines is 1. The molecule has 3 aromatic rings. The molecule has 1 saturated carbocycles. The van der Waals surface area contributed by atoms with Crippen molar-refractivity contribution in [1.82, 2.24) is 14.3 Å². The highest BCUT2D eigenvalue weighted by Crippen LogP contribution is 2.53. The number of aryl methyl sites for hydroxylation is 2. The number of methoxy groups -OCH3 is 1. The molecule has 0 spiro atoms. The van der Waals surface area contributed by atoms with E-state index in [1.54, 1.807) is 13.0 Å². The van der Waals surface area contributed by atoms with Crippen LogP contribution in [0.5, 0.6) is 5.75 Å². The van der Waals surface area contributed by atoms with E-state index >= 15 is 0 Å². The molecule has 2 aromatic heterocycles. The molecule has 0 unspecified atom stereocenters. The van der Waals surface area contributed by atoms with Crippen LogP contribution in [0.25, 0.3) is 10.9 Å². The summed E-state index contributed by atoms with van der Waals surface area (Å²) < 4.78 is 8.54. The first-order valence-corrected chi connectivity index (χ1v) is 12.0. The standard InChI is InChI=1S/C24H26BrN3O3S/c1-5-6-24(7-8-24)32-28-13-14(2)21-17(10-16(25)11-19(21)28)22(29)26-12-18-20(31-4)9-15(3)27-23(18)30/h5,9-11,13H,1,6-8,12H2,2-4H3,(H,26,29)(H,27,30). The van der Waals surface area contributed by atoms with E-state index in [-0.39, 0.29) is 22.8 Å². The van der Waals surface area contributed by atoms with Gasteiger partial charge in [-0.15, -0.1) is 6.58 Å². The van der Waals surface area contributed by atoms with Gasteiger partial charge in [0.15, 0.2) is 0 Å². The molecule has 0 atom stereocenters. The lowest BCUT2D eigenvalue weighted by Gasteiger charge is -2.14. The van der Waals surface area contributed by atoms with Crippen LogP contribution < -0.4 is 15.6 Å². The van der Waals surface area contributed by atoms with Crippen molar-refractivity contribution in [3.8, 4) is 5.75 Å². The second-order valence-corrected chi connectivity index (χ2v) is 10.6. The molecule has 0 radical (unpaired) electrons. The van der Waals surface area contributed by atoms with Crippen LogP contribution in [-0.4, -0.2) is 26.7 Å². The van der Waals surface area contributed by atoms with Crippen molar-refractivity contribution in [1.29, 1.82) is 0 Å². The maximum absolute atomic E-state index is 13.2. The Balaban J connectivity index is 1.65. The quantitative estimate of drug-likeness (QED) is 0.401. The highest BCUT2D eigenvalue weighted by molar-refractivity contribution is 9.10. The minimum absolute atomic E-state index is 0.0720. The zero-order chi connectivity index (χ0) is 23.0. The molecule has 4 rings (SSSR count). The molecule has 0 saturated heterocycles. The summed E-state index contributed by atoms with van der Waals surface area (Å²) in [5.74, 6) is 0.220. The van der Waals surface area contributed by atoms with Crippen molar-refractivity contribution < 1.29 is 9.53 Å². The van der Waals surface area contributed by atoms with Gasteiger partial charge in [0, 0.05) is 26.5 Å². The molecule has 6 nitrogen and oxygen atoms in total. The molecule has 0 bridgehead atoms. The number of aromatic nitrogens is 2. The van der Waals surface area contributed by atoms with Crippen molar-refractivity contribution in [3.05, 3.63) is 74.3 Å². The number of ether oxygens (including phenoxy) is 1. The van der Waals surface area contributed by atoms with E-state index < -0.39 is 0 Å². The number of hydrogen-bond acceptors (Lipinski definition) is 4. The molecule has 2 heterocycles. The first-order chi connectivity index (χ1) is 15.3. The van der Waals surface area contributed by atoms with Crippen molar-refractivity contribution in [2.75, 3.05) is 7.11 Å². The van der Waals surface area contributed by atoms with Crippen LogP contribution in [0.4, 0.5) is 0 Å². The Morgan fingerprint density at radius 2 is 2.12 bits per heavy atom. The molecule has 32 heavy (non-hydrogen) atoms. The van der Waals surface area contributed by atoms with E-state index in [1.807, 2.05) is 37.1 Å². The van der Waals surface area contributed by atoms with Gasteiger partial charge in [-0.05, 0) is 68.8 Å². The summed E-state index contributed by atoms with van der Waals surface area (Å²) in [5, 5.41) is 3.81. The van der Waals surface area contributed by atoms with E-state index in [9.17, 15) is 9.59 Å². The van der Waals surface area contributed by atoms with Gasteiger partial charge in [-0.25, -0.2) is 0 Å². The Kier molecular flexibility index (Phi) is 6.27. The number of halogens is 1. The number of benzene rings is 1. The number of nitrogens with zero attached hydrogens (tertiary/aromatic N) is 1. The van der Waals surface area contributed by atoms with Crippen LogP contribution in [0.2, 0.25) is 0 Å². The number of rotatable bonds is 8. The predicted molar refractivity (Wildman–Crippen MR) is 134 cm³/mol. The fourth-order valence-corrected chi connectivity index (χ4v) is 5.78. The number of carbonyl (C=O) groups is 1. The maximum atomic E-state index is 13.2. The van der Waals surface area contributed by atoms with Crippen molar-refractivity contribution in [2.24, 2.45) is 0 Å². The van der Waals surface area contributed by atoms with Gasteiger partial charge >= 0.3 is 0 Å². The van der Waals surface area contributed by atoms with E-state index in [2.05, 4.69) is 43.0 Å². The van der Waals surface area contributed by atoms with E-state index in [0.717, 1.165) is 40.2 Å². The number of carbonyl (C=O) groups excluding carboxylic acids is 1. The third kappa shape index (κ3) is 4.38. The van der Waals surface area contributed by atoms with Gasteiger partial charge in [0.1, 0.15) is 5.75 Å². The predicted octanol–water partition coefficient (Wildman–Crippen LogP) is 5.25. The van der Waals surface area contributed by atoms with Crippen LogP contribution in [0.1, 0.15) is 46.4 Å². The molecule has 1 aliphatic rings. The van der Waals surface area contributed by atoms with Crippen LogP contribution in [0.3, 0.4) is 0 Å².